The van der Waals surface area contributed by atoms with Crippen LogP contribution < -0.4 is 0 Å². The zero-order valence-corrected chi connectivity index (χ0v) is 6.57. The summed E-state index contributed by atoms with van der Waals surface area (Å²) in [7, 11) is 0. The van der Waals surface area contributed by atoms with Crippen LogP contribution in [0.3, 0.4) is 0 Å². The number of halogens is 1. The molecule has 2 rings (SSSR count). The quantitative estimate of drug-likeness (QED) is 0.619. The van der Waals surface area contributed by atoms with E-state index in [4.69, 9.17) is 0 Å². The summed E-state index contributed by atoms with van der Waals surface area (Å²) < 4.78 is 12.7. The first-order valence-electron chi connectivity index (χ1n) is 3.67. The van der Waals surface area contributed by atoms with Gasteiger partial charge in [0.1, 0.15) is 17.8 Å². The molecule has 1 aromatic carbocycles. The number of carbonyl (C=O) groups is 1. The molecule has 0 aliphatic heterocycles. The molecule has 64 valence electrons. The van der Waals surface area contributed by atoms with Crippen molar-refractivity contribution in [3.63, 3.8) is 0 Å². The standard InChI is InChI=1S/C9H5FN2O/c10-6-1-2-7-8(3-6)11-5-12-9(7)4-13/h1-5H. The number of hydrogen-bond donors (Lipinski definition) is 0. The SMILES string of the molecule is O=Cc1ncnc2cc(F)ccc12. The second kappa shape index (κ2) is 2.90. The Balaban J connectivity index is 2.84. The first-order valence-corrected chi connectivity index (χ1v) is 3.67. The normalized spacial score (nSPS) is 10.2. The minimum absolute atomic E-state index is 0.282. The van der Waals surface area contributed by atoms with Gasteiger partial charge in [0.2, 0.25) is 0 Å². The Morgan fingerprint density at radius 1 is 1.31 bits per heavy atom. The first kappa shape index (κ1) is 7.79. The zero-order valence-electron chi connectivity index (χ0n) is 6.57. The summed E-state index contributed by atoms with van der Waals surface area (Å²) in [5.74, 6) is -0.372. The van der Waals surface area contributed by atoms with Crippen LogP contribution >= 0.6 is 0 Å². The Bertz CT molecular complexity index is 470. The van der Waals surface area contributed by atoms with E-state index in [1.807, 2.05) is 0 Å². The average Bonchev–Trinajstić information content (AvgIpc) is 2.16. The average molecular weight is 176 g/mol. The fraction of sp³-hybridized carbons (Fsp3) is 0. The molecular formula is C9H5FN2O. The van der Waals surface area contributed by atoms with Gasteiger partial charge >= 0.3 is 0 Å². The molecule has 0 saturated carbocycles. The van der Waals surface area contributed by atoms with Crippen LogP contribution in [0.2, 0.25) is 0 Å². The molecule has 4 heteroatoms. The van der Waals surface area contributed by atoms with Crippen LogP contribution in [0.4, 0.5) is 4.39 Å². The highest BCUT2D eigenvalue weighted by Gasteiger charge is 2.02. The Kier molecular flexibility index (Phi) is 1.73. The molecule has 0 fully saturated rings. The summed E-state index contributed by atoms with van der Waals surface area (Å²) in [6.07, 6.45) is 1.87. The van der Waals surface area contributed by atoms with Crippen molar-refractivity contribution in [3.8, 4) is 0 Å². The van der Waals surface area contributed by atoms with Gasteiger partial charge in [0.05, 0.1) is 5.52 Å². The smallest absolute Gasteiger partial charge is 0.169 e. The number of benzene rings is 1. The highest BCUT2D eigenvalue weighted by Crippen LogP contribution is 2.14. The third kappa shape index (κ3) is 1.26. The van der Waals surface area contributed by atoms with Crippen molar-refractivity contribution in [3.05, 3.63) is 36.0 Å². The second-order valence-electron chi connectivity index (χ2n) is 2.54. The van der Waals surface area contributed by atoms with Gasteiger partial charge in [0.25, 0.3) is 0 Å². The molecule has 0 amide bonds. The van der Waals surface area contributed by atoms with E-state index in [1.54, 1.807) is 0 Å². The van der Waals surface area contributed by atoms with Crippen molar-refractivity contribution in [2.24, 2.45) is 0 Å². The monoisotopic (exact) mass is 176 g/mol. The third-order valence-corrected chi connectivity index (χ3v) is 1.74. The molecule has 0 aliphatic carbocycles. The maximum Gasteiger partial charge on any atom is 0.169 e. The van der Waals surface area contributed by atoms with Gasteiger partial charge in [-0.25, -0.2) is 14.4 Å². The maximum absolute atomic E-state index is 12.7. The van der Waals surface area contributed by atoms with Crippen LogP contribution in [-0.2, 0) is 0 Å². The van der Waals surface area contributed by atoms with E-state index in [0.29, 0.717) is 17.2 Å². The number of rotatable bonds is 1. The Labute approximate surface area is 73.2 Å². The lowest BCUT2D eigenvalue weighted by atomic mass is 10.2. The Hall–Kier alpha value is -1.84. The molecular weight excluding hydrogens is 171 g/mol. The molecule has 13 heavy (non-hydrogen) atoms. The van der Waals surface area contributed by atoms with Crippen molar-refractivity contribution in [1.29, 1.82) is 0 Å². The molecule has 1 heterocycles. The predicted octanol–water partition coefficient (Wildman–Crippen LogP) is 1.58. The largest absolute Gasteiger partial charge is 0.296 e. The molecule has 0 aliphatic rings. The summed E-state index contributed by atoms with van der Waals surface area (Å²) in [6.45, 7) is 0. The van der Waals surface area contributed by atoms with Crippen LogP contribution in [0.5, 0.6) is 0 Å². The van der Waals surface area contributed by atoms with Crippen molar-refractivity contribution in [2.75, 3.05) is 0 Å². The van der Waals surface area contributed by atoms with Crippen LogP contribution in [-0.4, -0.2) is 16.3 Å². The van der Waals surface area contributed by atoms with Crippen LogP contribution in [0, 0.1) is 5.82 Å². The first-order chi connectivity index (χ1) is 6.31. The van der Waals surface area contributed by atoms with Crippen molar-refractivity contribution in [2.45, 2.75) is 0 Å². The summed E-state index contributed by atoms with van der Waals surface area (Å²) >= 11 is 0. The van der Waals surface area contributed by atoms with E-state index in [9.17, 15) is 9.18 Å². The van der Waals surface area contributed by atoms with Gasteiger partial charge in [-0.2, -0.15) is 0 Å². The van der Waals surface area contributed by atoms with E-state index in [0.717, 1.165) is 0 Å². The molecule has 0 atom stereocenters. The molecule has 2 aromatic rings. The van der Waals surface area contributed by atoms with Crippen molar-refractivity contribution < 1.29 is 9.18 Å². The molecule has 0 bridgehead atoms. The van der Waals surface area contributed by atoms with Gasteiger partial charge in [0.15, 0.2) is 6.29 Å². The Morgan fingerprint density at radius 2 is 2.15 bits per heavy atom. The number of aromatic nitrogens is 2. The fourth-order valence-electron chi connectivity index (χ4n) is 1.14. The summed E-state index contributed by atoms with van der Waals surface area (Å²) in [6, 6.07) is 4.04. The highest BCUT2D eigenvalue weighted by atomic mass is 19.1. The molecule has 0 spiro atoms. The molecule has 0 saturated heterocycles. The van der Waals surface area contributed by atoms with Gasteiger partial charge in [0, 0.05) is 11.5 Å². The number of carbonyl (C=O) groups excluding carboxylic acids is 1. The number of nitrogens with zero attached hydrogens (tertiary/aromatic N) is 2. The minimum Gasteiger partial charge on any atom is -0.296 e. The van der Waals surface area contributed by atoms with Crippen LogP contribution in [0.15, 0.2) is 24.5 Å². The molecule has 3 nitrogen and oxygen atoms in total. The highest BCUT2D eigenvalue weighted by molar-refractivity contribution is 5.93. The van der Waals surface area contributed by atoms with Crippen LogP contribution in [0.25, 0.3) is 10.9 Å². The molecule has 0 unspecified atom stereocenters. The number of hydrogen-bond acceptors (Lipinski definition) is 3. The summed E-state index contributed by atoms with van der Waals surface area (Å²) in [4.78, 5) is 18.1. The van der Waals surface area contributed by atoms with E-state index < -0.39 is 0 Å². The fourth-order valence-corrected chi connectivity index (χ4v) is 1.14. The topological polar surface area (TPSA) is 42.9 Å². The summed E-state index contributed by atoms with van der Waals surface area (Å²) in [5, 5.41) is 0.568. The van der Waals surface area contributed by atoms with E-state index in [-0.39, 0.29) is 11.5 Å². The molecule has 1 aromatic heterocycles. The number of fused-ring (bicyclic) bond motifs is 1. The second-order valence-corrected chi connectivity index (χ2v) is 2.54. The van der Waals surface area contributed by atoms with E-state index in [2.05, 4.69) is 9.97 Å². The van der Waals surface area contributed by atoms with Gasteiger partial charge in [-0.3, -0.25) is 4.79 Å². The maximum atomic E-state index is 12.7. The molecule has 0 radical (unpaired) electrons. The summed E-state index contributed by atoms with van der Waals surface area (Å²) in [5.41, 5.74) is 0.724. The van der Waals surface area contributed by atoms with Gasteiger partial charge in [-0.15, -0.1) is 0 Å². The zero-order chi connectivity index (χ0) is 9.26. The van der Waals surface area contributed by atoms with E-state index >= 15 is 0 Å². The molecule has 0 N–H and O–H groups in total. The lowest BCUT2D eigenvalue weighted by Gasteiger charge is -1.97. The van der Waals surface area contributed by atoms with Gasteiger partial charge in [-0.1, -0.05) is 0 Å². The Morgan fingerprint density at radius 3 is 2.92 bits per heavy atom. The van der Waals surface area contributed by atoms with Crippen molar-refractivity contribution >= 4 is 17.2 Å². The minimum atomic E-state index is -0.372. The lowest BCUT2D eigenvalue weighted by Crippen LogP contribution is -1.91. The lowest BCUT2D eigenvalue weighted by molar-refractivity contribution is 0.112. The van der Waals surface area contributed by atoms with E-state index in [1.165, 1.54) is 24.5 Å². The van der Waals surface area contributed by atoms with Crippen molar-refractivity contribution in [1.82, 2.24) is 9.97 Å². The third-order valence-electron chi connectivity index (χ3n) is 1.74. The van der Waals surface area contributed by atoms with Gasteiger partial charge < -0.3 is 0 Å². The predicted molar refractivity (Wildman–Crippen MR) is 44.9 cm³/mol. The van der Waals surface area contributed by atoms with Gasteiger partial charge in [-0.05, 0) is 12.1 Å². The number of aldehydes is 1. The van der Waals surface area contributed by atoms with Crippen LogP contribution in [0.1, 0.15) is 10.5 Å².